The Kier molecular flexibility index (Phi) is 3.68. The van der Waals surface area contributed by atoms with Crippen molar-refractivity contribution in [3.8, 4) is 0 Å². The number of hydrogen-bond acceptors (Lipinski definition) is 1. The monoisotopic (exact) mass is 259 g/mol. The quantitative estimate of drug-likeness (QED) is 0.860. The second-order valence-electron chi connectivity index (χ2n) is 4.28. The van der Waals surface area contributed by atoms with Gasteiger partial charge in [0.1, 0.15) is 0 Å². The first-order chi connectivity index (χ1) is 8.56. The fraction of sp³-hybridized carbons (Fsp3) is 0.133. The maximum absolute atomic E-state index is 12.1. The second kappa shape index (κ2) is 5.23. The van der Waals surface area contributed by atoms with Crippen LogP contribution in [0.25, 0.3) is 0 Å². The Balaban J connectivity index is 2.24. The Morgan fingerprint density at radius 1 is 1.11 bits per heavy atom. The zero-order valence-electron chi connectivity index (χ0n) is 10.3. The smallest absolute Gasteiger partial charge is 0.255 e. The molecule has 0 fully saturated rings. The van der Waals surface area contributed by atoms with Crippen LogP contribution in [0.1, 0.15) is 21.5 Å². The van der Waals surface area contributed by atoms with Gasteiger partial charge >= 0.3 is 0 Å². The minimum Gasteiger partial charge on any atom is -0.322 e. The van der Waals surface area contributed by atoms with E-state index >= 15 is 0 Å². The maximum atomic E-state index is 12.1. The number of benzene rings is 2. The molecule has 0 aliphatic carbocycles. The average molecular weight is 260 g/mol. The molecule has 0 bridgehead atoms. The Hall–Kier alpha value is -1.80. The van der Waals surface area contributed by atoms with Crippen molar-refractivity contribution in [2.45, 2.75) is 13.8 Å². The molecule has 18 heavy (non-hydrogen) atoms. The largest absolute Gasteiger partial charge is 0.322 e. The second-order valence-corrected chi connectivity index (χ2v) is 4.72. The molecule has 1 N–H and O–H groups in total. The van der Waals surface area contributed by atoms with Gasteiger partial charge in [-0.05, 0) is 49.2 Å². The lowest BCUT2D eigenvalue weighted by Gasteiger charge is -2.09. The zero-order valence-corrected chi connectivity index (χ0v) is 11.1. The summed E-state index contributed by atoms with van der Waals surface area (Å²) in [4.78, 5) is 12.1. The molecule has 2 rings (SSSR count). The fourth-order valence-corrected chi connectivity index (χ4v) is 1.89. The van der Waals surface area contributed by atoms with E-state index in [1.165, 1.54) is 0 Å². The Bertz CT molecular complexity index is 593. The van der Waals surface area contributed by atoms with Gasteiger partial charge in [0.25, 0.3) is 5.91 Å². The van der Waals surface area contributed by atoms with Crippen molar-refractivity contribution in [3.05, 3.63) is 64.2 Å². The van der Waals surface area contributed by atoms with Crippen LogP contribution in [0.5, 0.6) is 0 Å². The highest BCUT2D eigenvalue weighted by Gasteiger charge is 2.08. The van der Waals surface area contributed by atoms with Gasteiger partial charge in [0.05, 0.1) is 0 Å². The van der Waals surface area contributed by atoms with E-state index in [2.05, 4.69) is 5.32 Å². The van der Waals surface area contributed by atoms with E-state index in [9.17, 15) is 4.79 Å². The van der Waals surface area contributed by atoms with Crippen molar-refractivity contribution in [2.75, 3.05) is 5.32 Å². The highest BCUT2D eigenvalue weighted by atomic mass is 35.5. The third-order valence-corrected chi connectivity index (χ3v) is 2.96. The number of nitrogens with one attached hydrogen (secondary N) is 1. The number of anilines is 1. The van der Waals surface area contributed by atoms with E-state index in [0.717, 1.165) is 16.8 Å². The van der Waals surface area contributed by atoms with Crippen LogP contribution in [0.4, 0.5) is 5.69 Å². The first-order valence-corrected chi connectivity index (χ1v) is 6.08. The van der Waals surface area contributed by atoms with Gasteiger partial charge in [-0.3, -0.25) is 4.79 Å². The summed E-state index contributed by atoms with van der Waals surface area (Å²) in [5, 5.41) is 3.46. The Morgan fingerprint density at radius 3 is 2.61 bits per heavy atom. The number of halogens is 1. The third kappa shape index (κ3) is 2.90. The van der Waals surface area contributed by atoms with Crippen LogP contribution in [0, 0.1) is 13.8 Å². The zero-order chi connectivity index (χ0) is 13.1. The van der Waals surface area contributed by atoms with Gasteiger partial charge in [-0.2, -0.15) is 0 Å². The average Bonchev–Trinajstić information content (AvgIpc) is 2.34. The lowest BCUT2D eigenvalue weighted by atomic mass is 10.1. The summed E-state index contributed by atoms with van der Waals surface area (Å²) in [5.41, 5.74) is 3.54. The summed E-state index contributed by atoms with van der Waals surface area (Å²) in [6.45, 7) is 3.96. The highest BCUT2D eigenvalue weighted by Crippen LogP contribution is 2.18. The molecular formula is C15H14ClNO. The summed E-state index contributed by atoms with van der Waals surface area (Å²) in [5.74, 6) is -0.147. The molecule has 1 amide bonds. The van der Waals surface area contributed by atoms with Crippen molar-refractivity contribution < 1.29 is 4.79 Å². The number of amides is 1. The van der Waals surface area contributed by atoms with Crippen LogP contribution in [-0.2, 0) is 0 Å². The number of rotatable bonds is 2. The van der Waals surface area contributed by atoms with Gasteiger partial charge in [0.15, 0.2) is 0 Å². The molecular weight excluding hydrogens is 246 g/mol. The topological polar surface area (TPSA) is 29.1 Å². The molecule has 0 saturated heterocycles. The molecule has 0 radical (unpaired) electrons. The first-order valence-electron chi connectivity index (χ1n) is 5.70. The molecule has 0 saturated carbocycles. The van der Waals surface area contributed by atoms with Crippen molar-refractivity contribution in [1.82, 2.24) is 0 Å². The number of carbonyl (C=O) groups is 1. The molecule has 0 aliphatic heterocycles. The fourth-order valence-electron chi connectivity index (χ4n) is 1.69. The molecule has 0 atom stereocenters. The van der Waals surface area contributed by atoms with Gasteiger partial charge in [-0.25, -0.2) is 0 Å². The van der Waals surface area contributed by atoms with E-state index in [0.29, 0.717) is 10.6 Å². The predicted octanol–water partition coefficient (Wildman–Crippen LogP) is 4.21. The number of carbonyl (C=O) groups excluding carboxylic acids is 1. The Labute approximate surface area is 112 Å². The molecule has 0 unspecified atom stereocenters. The van der Waals surface area contributed by atoms with Gasteiger partial charge in [-0.15, -0.1) is 0 Å². The van der Waals surface area contributed by atoms with Gasteiger partial charge < -0.3 is 5.32 Å². The molecule has 0 spiro atoms. The normalized spacial score (nSPS) is 10.2. The summed E-state index contributed by atoms with van der Waals surface area (Å²) >= 11 is 5.87. The van der Waals surface area contributed by atoms with Crippen LogP contribution >= 0.6 is 11.6 Å². The van der Waals surface area contributed by atoms with Crippen LogP contribution in [0.2, 0.25) is 5.02 Å². The van der Waals surface area contributed by atoms with Crippen LogP contribution in [0.3, 0.4) is 0 Å². The lowest BCUT2D eigenvalue weighted by Crippen LogP contribution is -2.12. The van der Waals surface area contributed by atoms with Gasteiger partial charge in [0, 0.05) is 16.3 Å². The number of aryl methyl sites for hydroxylation is 2. The number of hydrogen-bond donors (Lipinski definition) is 1. The highest BCUT2D eigenvalue weighted by molar-refractivity contribution is 6.31. The molecule has 3 heteroatoms. The summed E-state index contributed by atoms with van der Waals surface area (Å²) in [6.07, 6.45) is 0. The van der Waals surface area contributed by atoms with Crippen molar-refractivity contribution in [3.63, 3.8) is 0 Å². The van der Waals surface area contributed by atoms with Crippen LogP contribution in [0.15, 0.2) is 42.5 Å². The molecule has 2 aromatic carbocycles. The molecule has 0 heterocycles. The van der Waals surface area contributed by atoms with Gasteiger partial charge in [-0.1, -0.05) is 29.8 Å². The summed E-state index contributed by atoms with van der Waals surface area (Å²) < 4.78 is 0. The van der Waals surface area contributed by atoms with Crippen LogP contribution in [-0.4, -0.2) is 5.91 Å². The molecule has 0 aliphatic rings. The standard InChI is InChI=1S/C15H14ClNO/c1-10-6-7-11(2)14(8-10)17-15(18)12-4-3-5-13(16)9-12/h3-9H,1-2H3,(H,17,18). The SMILES string of the molecule is Cc1ccc(C)c(NC(=O)c2cccc(Cl)c2)c1. The lowest BCUT2D eigenvalue weighted by molar-refractivity contribution is 0.102. The van der Waals surface area contributed by atoms with E-state index in [4.69, 9.17) is 11.6 Å². The van der Waals surface area contributed by atoms with Gasteiger partial charge in [0.2, 0.25) is 0 Å². The minimum atomic E-state index is -0.147. The summed E-state index contributed by atoms with van der Waals surface area (Å²) in [6, 6.07) is 12.9. The summed E-state index contributed by atoms with van der Waals surface area (Å²) in [7, 11) is 0. The first kappa shape index (κ1) is 12.7. The van der Waals surface area contributed by atoms with E-state index in [1.54, 1.807) is 24.3 Å². The van der Waals surface area contributed by atoms with E-state index in [-0.39, 0.29) is 5.91 Å². The van der Waals surface area contributed by atoms with Crippen molar-refractivity contribution >= 4 is 23.2 Å². The van der Waals surface area contributed by atoms with Crippen molar-refractivity contribution in [2.24, 2.45) is 0 Å². The molecule has 2 aromatic rings. The molecule has 92 valence electrons. The van der Waals surface area contributed by atoms with E-state index < -0.39 is 0 Å². The Morgan fingerprint density at radius 2 is 1.89 bits per heavy atom. The van der Waals surface area contributed by atoms with Crippen molar-refractivity contribution in [1.29, 1.82) is 0 Å². The third-order valence-electron chi connectivity index (χ3n) is 2.73. The maximum Gasteiger partial charge on any atom is 0.255 e. The molecule has 0 aromatic heterocycles. The minimum absolute atomic E-state index is 0.147. The molecule has 2 nitrogen and oxygen atoms in total. The predicted molar refractivity (Wildman–Crippen MR) is 75.3 cm³/mol. The van der Waals surface area contributed by atoms with Crippen LogP contribution < -0.4 is 5.32 Å². The van der Waals surface area contributed by atoms with E-state index in [1.807, 2.05) is 32.0 Å².